The van der Waals surface area contributed by atoms with Crippen molar-refractivity contribution in [2.45, 2.75) is 28.7 Å². The van der Waals surface area contributed by atoms with Gasteiger partial charge in [0.1, 0.15) is 6.07 Å². The largest absolute Gasteiger partial charge is 0.349 e. The molecule has 1 fully saturated rings. The monoisotopic (exact) mass is 415 g/mol. The molecule has 6 nitrogen and oxygen atoms in total. The summed E-state index contributed by atoms with van der Waals surface area (Å²) < 4.78 is 0. The van der Waals surface area contributed by atoms with Gasteiger partial charge in [-0.1, -0.05) is 36.0 Å². The Kier molecular flexibility index (Phi) is 6.26. The zero-order chi connectivity index (χ0) is 20.8. The summed E-state index contributed by atoms with van der Waals surface area (Å²) in [7, 11) is 0. The topological polar surface area (TPSA) is 81.9 Å². The highest BCUT2D eigenvalue weighted by Gasteiger charge is 2.23. The Morgan fingerprint density at radius 2 is 1.67 bits per heavy atom. The third-order valence-corrected chi connectivity index (χ3v) is 6.18. The second-order valence-electron chi connectivity index (χ2n) is 6.99. The maximum absolute atomic E-state index is 13.0. The quantitative estimate of drug-likeness (QED) is 0.681. The molecule has 0 bridgehead atoms. The van der Waals surface area contributed by atoms with Gasteiger partial charge in [0.15, 0.2) is 0 Å². The molecule has 150 valence electrons. The molecule has 0 aliphatic carbocycles. The molecule has 0 atom stereocenters. The third-order valence-electron chi connectivity index (χ3n) is 5.02. The van der Waals surface area contributed by atoms with Gasteiger partial charge >= 0.3 is 0 Å². The van der Waals surface area contributed by atoms with Crippen molar-refractivity contribution < 1.29 is 4.79 Å². The maximum Gasteiger partial charge on any atom is 0.252 e. The van der Waals surface area contributed by atoms with Crippen LogP contribution in [0.4, 0.5) is 5.95 Å². The summed E-state index contributed by atoms with van der Waals surface area (Å²) >= 11 is 1.45. The van der Waals surface area contributed by atoms with Crippen LogP contribution in [-0.4, -0.2) is 35.0 Å². The van der Waals surface area contributed by atoms with Crippen molar-refractivity contribution in [1.82, 2.24) is 15.3 Å². The van der Waals surface area contributed by atoms with E-state index < -0.39 is 0 Å². The predicted octanol–water partition coefficient (Wildman–Crippen LogP) is 3.90. The van der Waals surface area contributed by atoms with Crippen molar-refractivity contribution in [3.8, 4) is 6.07 Å². The minimum absolute atomic E-state index is 0.0815. The van der Waals surface area contributed by atoms with Crippen LogP contribution >= 0.6 is 11.8 Å². The SMILES string of the molecule is N#Cc1ccccc1Sc1ccccc1C(=O)NC1CCN(c2ncccn2)CC1. The van der Waals surface area contributed by atoms with Crippen molar-refractivity contribution in [2.24, 2.45) is 0 Å². The van der Waals surface area contributed by atoms with E-state index in [1.807, 2.05) is 42.5 Å². The van der Waals surface area contributed by atoms with Gasteiger partial charge in [0.05, 0.1) is 11.1 Å². The number of amides is 1. The Morgan fingerprint density at radius 3 is 2.40 bits per heavy atom. The number of anilines is 1. The van der Waals surface area contributed by atoms with Crippen LogP contribution in [0.3, 0.4) is 0 Å². The number of carbonyl (C=O) groups is 1. The second kappa shape index (κ2) is 9.42. The summed E-state index contributed by atoms with van der Waals surface area (Å²) in [6.07, 6.45) is 5.18. The molecule has 7 heteroatoms. The average Bonchev–Trinajstić information content (AvgIpc) is 2.81. The van der Waals surface area contributed by atoms with Gasteiger partial charge in [-0.15, -0.1) is 0 Å². The number of nitriles is 1. The number of hydrogen-bond donors (Lipinski definition) is 1. The molecule has 0 radical (unpaired) electrons. The van der Waals surface area contributed by atoms with E-state index in [-0.39, 0.29) is 11.9 Å². The number of nitrogens with zero attached hydrogens (tertiary/aromatic N) is 4. The standard InChI is InChI=1S/C23H21N5OS/c24-16-17-6-1-3-8-20(17)30-21-9-4-2-7-19(21)22(29)27-18-10-14-28(15-11-18)23-25-12-5-13-26-23/h1-9,12-13,18H,10-11,14-15H2,(H,27,29). The van der Waals surface area contributed by atoms with Crippen LogP contribution < -0.4 is 10.2 Å². The lowest BCUT2D eigenvalue weighted by molar-refractivity contribution is 0.0928. The lowest BCUT2D eigenvalue weighted by atomic mass is 10.0. The highest BCUT2D eigenvalue weighted by molar-refractivity contribution is 7.99. The van der Waals surface area contributed by atoms with Crippen molar-refractivity contribution >= 4 is 23.6 Å². The minimum atomic E-state index is -0.0815. The van der Waals surface area contributed by atoms with Crippen LogP contribution in [0.25, 0.3) is 0 Å². The van der Waals surface area contributed by atoms with Crippen LogP contribution in [0, 0.1) is 11.3 Å². The van der Waals surface area contributed by atoms with Crippen LogP contribution in [0.15, 0.2) is 76.8 Å². The van der Waals surface area contributed by atoms with E-state index in [0.717, 1.165) is 41.7 Å². The molecule has 0 unspecified atom stereocenters. The van der Waals surface area contributed by atoms with Crippen LogP contribution in [-0.2, 0) is 0 Å². The zero-order valence-corrected chi connectivity index (χ0v) is 17.2. The average molecular weight is 416 g/mol. The van der Waals surface area contributed by atoms with Gasteiger partial charge < -0.3 is 10.2 Å². The summed E-state index contributed by atoms with van der Waals surface area (Å²) in [5, 5.41) is 12.5. The molecule has 1 saturated heterocycles. The molecule has 2 aromatic carbocycles. The molecule has 1 amide bonds. The molecule has 0 spiro atoms. The van der Waals surface area contributed by atoms with Gasteiger partial charge in [-0.25, -0.2) is 9.97 Å². The zero-order valence-electron chi connectivity index (χ0n) is 16.4. The molecule has 4 rings (SSSR count). The van der Waals surface area contributed by atoms with Crippen LogP contribution in [0.2, 0.25) is 0 Å². The Labute approximate surface area is 180 Å². The smallest absolute Gasteiger partial charge is 0.252 e. The van der Waals surface area contributed by atoms with E-state index in [9.17, 15) is 10.1 Å². The Hall–Kier alpha value is -3.37. The Balaban J connectivity index is 1.42. The van der Waals surface area contributed by atoms with E-state index in [2.05, 4.69) is 26.3 Å². The maximum atomic E-state index is 13.0. The van der Waals surface area contributed by atoms with E-state index in [0.29, 0.717) is 11.1 Å². The fourth-order valence-electron chi connectivity index (χ4n) is 3.45. The van der Waals surface area contributed by atoms with Gasteiger partial charge in [0.25, 0.3) is 5.91 Å². The number of hydrogen-bond acceptors (Lipinski definition) is 6. The fourth-order valence-corrected chi connectivity index (χ4v) is 4.48. The summed E-state index contributed by atoms with van der Waals surface area (Å²) in [6, 6.07) is 19.1. The molecular formula is C23H21N5OS. The first kappa shape index (κ1) is 19.9. The normalized spacial score (nSPS) is 14.2. The molecule has 1 aliphatic heterocycles. The highest BCUT2D eigenvalue weighted by atomic mass is 32.2. The number of rotatable bonds is 5. The van der Waals surface area contributed by atoms with Gasteiger partial charge in [-0.05, 0) is 43.2 Å². The van der Waals surface area contributed by atoms with Crippen molar-refractivity contribution in [3.05, 3.63) is 78.1 Å². The second-order valence-corrected chi connectivity index (χ2v) is 8.07. The van der Waals surface area contributed by atoms with E-state index >= 15 is 0 Å². The lowest BCUT2D eigenvalue weighted by Gasteiger charge is -2.32. The number of benzene rings is 2. The minimum Gasteiger partial charge on any atom is -0.349 e. The predicted molar refractivity (Wildman–Crippen MR) is 116 cm³/mol. The van der Waals surface area contributed by atoms with Crippen molar-refractivity contribution in [2.75, 3.05) is 18.0 Å². The van der Waals surface area contributed by atoms with Gasteiger partial charge in [-0.2, -0.15) is 5.26 Å². The number of carbonyl (C=O) groups excluding carboxylic acids is 1. The van der Waals surface area contributed by atoms with Crippen molar-refractivity contribution in [3.63, 3.8) is 0 Å². The molecule has 1 N–H and O–H groups in total. The van der Waals surface area contributed by atoms with Crippen molar-refractivity contribution in [1.29, 1.82) is 5.26 Å². The summed E-state index contributed by atoms with van der Waals surface area (Å²) in [4.78, 5) is 25.4. The number of nitrogens with one attached hydrogen (secondary N) is 1. The number of piperidine rings is 1. The first-order valence-corrected chi connectivity index (χ1v) is 10.6. The molecular weight excluding hydrogens is 394 g/mol. The molecule has 30 heavy (non-hydrogen) atoms. The van der Waals surface area contributed by atoms with Crippen LogP contribution in [0.1, 0.15) is 28.8 Å². The summed E-state index contributed by atoms with van der Waals surface area (Å²) in [6.45, 7) is 1.61. The molecule has 2 heterocycles. The molecule has 3 aromatic rings. The number of aromatic nitrogens is 2. The first-order valence-electron chi connectivity index (χ1n) is 9.83. The van der Waals surface area contributed by atoms with E-state index in [1.54, 1.807) is 24.5 Å². The summed E-state index contributed by atoms with van der Waals surface area (Å²) in [5.41, 5.74) is 1.23. The lowest BCUT2D eigenvalue weighted by Crippen LogP contribution is -2.45. The summed E-state index contributed by atoms with van der Waals surface area (Å²) in [5.74, 6) is 0.655. The Morgan fingerprint density at radius 1 is 1.00 bits per heavy atom. The highest BCUT2D eigenvalue weighted by Crippen LogP contribution is 2.32. The van der Waals surface area contributed by atoms with E-state index in [4.69, 9.17) is 0 Å². The van der Waals surface area contributed by atoms with Gasteiger partial charge in [0.2, 0.25) is 5.95 Å². The molecule has 1 aliphatic rings. The van der Waals surface area contributed by atoms with E-state index in [1.165, 1.54) is 11.8 Å². The first-order chi connectivity index (χ1) is 14.7. The van der Waals surface area contributed by atoms with Gasteiger partial charge in [-0.3, -0.25) is 4.79 Å². The van der Waals surface area contributed by atoms with Crippen LogP contribution in [0.5, 0.6) is 0 Å². The molecule has 1 aromatic heterocycles. The Bertz CT molecular complexity index is 1060. The third kappa shape index (κ3) is 4.61. The van der Waals surface area contributed by atoms with Gasteiger partial charge in [0, 0.05) is 41.3 Å². The molecule has 0 saturated carbocycles. The fraction of sp³-hybridized carbons (Fsp3) is 0.217.